The fourth-order valence-electron chi connectivity index (χ4n) is 3.01. The molecule has 0 unspecified atom stereocenters. The Bertz CT molecular complexity index is 1120. The Hall–Kier alpha value is -3.67. The highest BCUT2D eigenvalue weighted by molar-refractivity contribution is 5.94. The van der Waals surface area contributed by atoms with Gasteiger partial charge in [-0.2, -0.15) is 4.98 Å². The first-order chi connectivity index (χ1) is 13.7. The molecule has 1 heterocycles. The topological polar surface area (TPSA) is 77.2 Å². The highest BCUT2D eigenvalue weighted by atomic mass is 16.5. The Morgan fingerprint density at radius 2 is 1.82 bits per heavy atom. The first-order valence-corrected chi connectivity index (χ1v) is 8.97. The van der Waals surface area contributed by atoms with Crippen molar-refractivity contribution in [1.29, 1.82) is 0 Å². The van der Waals surface area contributed by atoms with Crippen LogP contribution in [0.5, 0.6) is 5.75 Å². The summed E-state index contributed by atoms with van der Waals surface area (Å²) in [5.74, 6) is 1.42. The number of carbonyl (C=O) groups is 1. The van der Waals surface area contributed by atoms with Gasteiger partial charge < -0.3 is 14.6 Å². The van der Waals surface area contributed by atoms with Crippen LogP contribution in [0.1, 0.15) is 12.3 Å². The van der Waals surface area contributed by atoms with Crippen molar-refractivity contribution in [3.8, 4) is 17.1 Å². The van der Waals surface area contributed by atoms with Gasteiger partial charge in [-0.15, -0.1) is 0 Å². The lowest BCUT2D eigenvalue weighted by Gasteiger charge is -2.06. The number of nitrogens with zero attached hydrogens (tertiary/aromatic N) is 2. The SMILES string of the molecule is COc1ccccc1-c1noc(CCC(=O)Nc2ccc3ccccc3c2)n1. The number of rotatable bonds is 6. The average Bonchev–Trinajstić information content (AvgIpc) is 3.21. The van der Waals surface area contributed by atoms with Gasteiger partial charge >= 0.3 is 0 Å². The molecule has 28 heavy (non-hydrogen) atoms. The molecule has 0 fully saturated rings. The zero-order chi connectivity index (χ0) is 19.3. The van der Waals surface area contributed by atoms with Crippen molar-refractivity contribution in [3.63, 3.8) is 0 Å². The number of fused-ring (bicyclic) bond motifs is 1. The first-order valence-electron chi connectivity index (χ1n) is 8.97. The molecule has 6 heteroatoms. The highest BCUT2D eigenvalue weighted by Crippen LogP contribution is 2.27. The zero-order valence-electron chi connectivity index (χ0n) is 15.4. The second kappa shape index (κ2) is 7.92. The van der Waals surface area contributed by atoms with E-state index in [0.717, 1.165) is 22.0 Å². The second-order valence-electron chi connectivity index (χ2n) is 6.32. The number of hydrogen-bond donors (Lipinski definition) is 1. The quantitative estimate of drug-likeness (QED) is 0.540. The molecule has 0 spiro atoms. The number of aromatic nitrogens is 2. The number of para-hydroxylation sites is 1. The Morgan fingerprint density at radius 3 is 2.68 bits per heavy atom. The minimum atomic E-state index is -0.104. The van der Waals surface area contributed by atoms with Crippen molar-refractivity contribution in [2.45, 2.75) is 12.8 Å². The van der Waals surface area contributed by atoms with E-state index in [2.05, 4.69) is 15.5 Å². The lowest BCUT2D eigenvalue weighted by molar-refractivity contribution is -0.116. The van der Waals surface area contributed by atoms with E-state index < -0.39 is 0 Å². The number of benzene rings is 3. The van der Waals surface area contributed by atoms with E-state index in [1.54, 1.807) is 7.11 Å². The van der Waals surface area contributed by atoms with E-state index in [0.29, 0.717) is 23.9 Å². The molecule has 0 aliphatic heterocycles. The van der Waals surface area contributed by atoms with E-state index in [1.807, 2.05) is 66.7 Å². The summed E-state index contributed by atoms with van der Waals surface area (Å²) < 4.78 is 10.6. The molecule has 140 valence electrons. The van der Waals surface area contributed by atoms with Crippen LogP contribution in [0.15, 0.2) is 71.3 Å². The fourth-order valence-corrected chi connectivity index (χ4v) is 3.01. The van der Waals surface area contributed by atoms with Gasteiger partial charge in [-0.3, -0.25) is 4.79 Å². The standard InChI is InChI=1S/C22H19N3O3/c1-27-19-9-5-4-8-18(19)22-24-21(28-25-22)13-12-20(26)23-17-11-10-15-6-2-3-7-16(15)14-17/h2-11,14H,12-13H2,1H3,(H,23,26). The van der Waals surface area contributed by atoms with Gasteiger partial charge in [0.15, 0.2) is 0 Å². The molecule has 0 saturated heterocycles. The summed E-state index contributed by atoms with van der Waals surface area (Å²) in [6, 6.07) is 21.3. The lowest BCUT2D eigenvalue weighted by atomic mass is 10.1. The van der Waals surface area contributed by atoms with Crippen molar-refractivity contribution in [3.05, 3.63) is 72.6 Å². The normalized spacial score (nSPS) is 10.8. The number of methoxy groups -OCH3 is 1. The van der Waals surface area contributed by atoms with Crippen LogP contribution in [0.2, 0.25) is 0 Å². The summed E-state index contributed by atoms with van der Waals surface area (Å²) in [5, 5.41) is 9.12. The fraction of sp³-hybridized carbons (Fsp3) is 0.136. The zero-order valence-corrected chi connectivity index (χ0v) is 15.4. The van der Waals surface area contributed by atoms with Crippen LogP contribution in [0.4, 0.5) is 5.69 Å². The van der Waals surface area contributed by atoms with Crippen molar-refractivity contribution in [2.75, 3.05) is 12.4 Å². The summed E-state index contributed by atoms with van der Waals surface area (Å²) in [7, 11) is 1.59. The third kappa shape index (κ3) is 3.86. The van der Waals surface area contributed by atoms with Gasteiger partial charge in [-0.1, -0.05) is 47.6 Å². The van der Waals surface area contributed by atoms with E-state index in [-0.39, 0.29) is 12.3 Å². The van der Waals surface area contributed by atoms with Gasteiger partial charge in [-0.25, -0.2) is 0 Å². The molecule has 4 rings (SSSR count). The van der Waals surface area contributed by atoms with Crippen molar-refractivity contribution in [2.24, 2.45) is 0 Å². The smallest absolute Gasteiger partial charge is 0.227 e. The van der Waals surface area contributed by atoms with Gasteiger partial charge in [0.05, 0.1) is 12.7 Å². The Labute approximate surface area is 162 Å². The maximum atomic E-state index is 12.3. The summed E-state index contributed by atoms with van der Waals surface area (Å²) in [6.07, 6.45) is 0.613. The molecule has 6 nitrogen and oxygen atoms in total. The minimum Gasteiger partial charge on any atom is -0.496 e. The maximum absolute atomic E-state index is 12.3. The van der Waals surface area contributed by atoms with Crippen LogP contribution in [0, 0.1) is 0 Å². The van der Waals surface area contributed by atoms with Gasteiger partial charge in [0.2, 0.25) is 17.6 Å². The van der Waals surface area contributed by atoms with Crippen LogP contribution in [0.25, 0.3) is 22.2 Å². The van der Waals surface area contributed by atoms with E-state index >= 15 is 0 Å². The van der Waals surface area contributed by atoms with Crippen LogP contribution in [0.3, 0.4) is 0 Å². The average molecular weight is 373 g/mol. The van der Waals surface area contributed by atoms with Gasteiger partial charge in [0.1, 0.15) is 5.75 Å². The summed E-state index contributed by atoms with van der Waals surface area (Å²) >= 11 is 0. The van der Waals surface area contributed by atoms with Crippen molar-refractivity contribution in [1.82, 2.24) is 10.1 Å². The summed E-state index contributed by atoms with van der Waals surface area (Å²) in [6.45, 7) is 0. The highest BCUT2D eigenvalue weighted by Gasteiger charge is 2.14. The molecule has 0 bridgehead atoms. The van der Waals surface area contributed by atoms with Crippen LogP contribution >= 0.6 is 0 Å². The Morgan fingerprint density at radius 1 is 1.04 bits per heavy atom. The number of amides is 1. The molecule has 0 atom stereocenters. The van der Waals surface area contributed by atoms with Crippen LogP contribution < -0.4 is 10.1 Å². The molecular formula is C22H19N3O3. The van der Waals surface area contributed by atoms with Crippen molar-refractivity contribution >= 4 is 22.4 Å². The first kappa shape index (κ1) is 17.7. The lowest BCUT2D eigenvalue weighted by Crippen LogP contribution is -2.12. The van der Waals surface area contributed by atoms with E-state index in [1.165, 1.54) is 0 Å². The number of carbonyl (C=O) groups excluding carboxylic acids is 1. The molecule has 0 aliphatic carbocycles. The molecular weight excluding hydrogens is 354 g/mol. The maximum Gasteiger partial charge on any atom is 0.227 e. The van der Waals surface area contributed by atoms with E-state index in [9.17, 15) is 4.79 Å². The van der Waals surface area contributed by atoms with Crippen LogP contribution in [-0.2, 0) is 11.2 Å². The van der Waals surface area contributed by atoms with Gasteiger partial charge in [0.25, 0.3) is 0 Å². The molecule has 1 N–H and O–H groups in total. The number of aryl methyl sites for hydroxylation is 1. The predicted octanol–water partition coefficient (Wildman–Crippen LogP) is 4.47. The summed E-state index contributed by atoms with van der Waals surface area (Å²) in [4.78, 5) is 16.6. The van der Waals surface area contributed by atoms with Crippen LogP contribution in [-0.4, -0.2) is 23.2 Å². The molecule has 1 amide bonds. The monoisotopic (exact) mass is 373 g/mol. The van der Waals surface area contributed by atoms with Gasteiger partial charge in [-0.05, 0) is 35.0 Å². The third-order valence-electron chi connectivity index (χ3n) is 4.42. The Kier molecular flexibility index (Phi) is 5.01. The summed E-state index contributed by atoms with van der Waals surface area (Å²) in [5.41, 5.74) is 1.52. The molecule has 0 saturated carbocycles. The number of anilines is 1. The molecule has 4 aromatic rings. The van der Waals surface area contributed by atoms with E-state index in [4.69, 9.17) is 9.26 Å². The molecule has 1 aromatic heterocycles. The number of nitrogens with one attached hydrogen (secondary N) is 1. The molecule has 0 aliphatic rings. The molecule has 3 aromatic carbocycles. The molecule has 0 radical (unpaired) electrons. The van der Waals surface area contributed by atoms with Gasteiger partial charge in [0, 0.05) is 18.5 Å². The predicted molar refractivity (Wildman–Crippen MR) is 107 cm³/mol. The third-order valence-corrected chi connectivity index (χ3v) is 4.42. The minimum absolute atomic E-state index is 0.104. The second-order valence-corrected chi connectivity index (χ2v) is 6.32. The number of hydrogen-bond acceptors (Lipinski definition) is 5. The Balaban J connectivity index is 1.39. The largest absolute Gasteiger partial charge is 0.496 e. The van der Waals surface area contributed by atoms with Crippen molar-refractivity contribution < 1.29 is 14.1 Å². The number of ether oxygens (including phenoxy) is 1.